The Labute approximate surface area is 295 Å². The van der Waals surface area contributed by atoms with Crippen LogP contribution >= 0.6 is 0 Å². The van der Waals surface area contributed by atoms with E-state index in [1.165, 1.54) is 76.7 Å². The average Bonchev–Trinajstić information content (AvgIpc) is 3.53. The molecule has 1 aromatic heterocycles. The Hall–Kier alpha value is -6.95. The van der Waals surface area contributed by atoms with E-state index in [9.17, 15) is 5.26 Å². The third-order valence-electron chi connectivity index (χ3n) is 10.4. The van der Waals surface area contributed by atoms with Gasteiger partial charge in [0, 0.05) is 16.5 Å². The molecule has 1 heterocycles. The topological polar surface area (TPSA) is 28.7 Å². The maximum atomic E-state index is 9.35. The third-order valence-corrected chi connectivity index (χ3v) is 10.4. The Morgan fingerprint density at radius 2 is 0.804 bits per heavy atom. The molecule has 2 heteroatoms. The summed E-state index contributed by atoms with van der Waals surface area (Å²) in [6.45, 7) is 0. The first-order valence-corrected chi connectivity index (χ1v) is 17.3. The lowest BCUT2D eigenvalue weighted by molar-refractivity contribution is 1.19. The van der Waals surface area contributed by atoms with Gasteiger partial charge in [-0.25, -0.2) is 0 Å². The van der Waals surface area contributed by atoms with Gasteiger partial charge in [-0.2, -0.15) is 5.26 Å². The molecule has 2 nitrogen and oxygen atoms in total. The Morgan fingerprint density at radius 1 is 0.333 bits per heavy atom. The molecule has 9 aromatic carbocycles. The van der Waals surface area contributed by atoms with Crippen molar-refractivity contribution in [2.45, 2.75) is 0 Å². The largest absolute Gasteiger partial charge is 0.309 e. The van der Waals surface area contributed by atoms with E-state index in [0.29, 0.717) is 5.56 Å². The first-order chi connectivity index (χ1) is 25.2. The van der Waals surface area contributed by atoms with Crippen LogP contribution in [0.3, 0.4) is 0 Å². The Morgan fingerprint density at radius 3 is 1.53 bits per heavy atom. The first kappa shape index (κ1) is 29.0. The summed E-state index contributed by atoms with van der Waals surface area (Å²) < 4.78 is 2.35. The highest BCUT2D eigenvalue weighted by molar-refractivity contribution is 6.10. The quantitative estimate of drug-likeness (QED) is 0.187. The fourth-order valence-corrected chi connectivity index (χ4v) is 7.70. The molecule has 0 saturated carbocycles. The fourth-order valence-electron chi connectivity index (χ4n) is 7.70. The Kier molecular flexibility index (Phi) is 6.59. The highest BCUT2D eigenvalue weighted by Gasteiger charge is 2.14. The molecule has 0 aliphatic heterocycles. The van der Waals surface area contributed by atoms with E-state index >= 15 is 0 Å². The molecule has 0 aliphatic carbocycles. The van der Waals surface area contributed by atoms with Crippen LogP contribution in [0.25, 0.3) is 93.2 Å². The lowest BCUT2D eigenvalue weighted by Gasteiger charge is -2.10. The second-order valence-corrected chi connectivity index (χ2v) is 13.4. The first-order valence-electron chi connectivity index (χ1n) is 17.3. The van der Waals surface area contributed by atoms with Crippen molar-refractivity contribution in [2.75, 3.05) is 0 Å². The predicted octanol–water partition coefficient (Wildman–Crippen LogP) is 13.1. The van der Waals surface area contributed by atoms with Gasteiger partial charge in [0.2, 0.25) is 0 Å². The number of hydrogen-bond acceptors (Lipinski definition) is 1. The van der Waals surface area contributed by atoms with Gasteiger partial charge < -0.3 is 4.57 Å². The molecule has 0 unspecified atom stereocenters. The van der Waals surface area contributed by atoms with Crippen LogP contribution in [0, 0.1) is 11.3 Å². The second-order valence-electron chi connectivity index (χ2n) is 13.4. The van der Waals surface area contributed by atoms with Gasteiger partial charge in [-0.3, -0.25) is 0 Å². The number of nitriles is 1. The molecule has 0 radical (unpaired) electrons. The van der Waals surface area contributed by atoms with Crippen molar-refractivity contribution in [1.29, 1.82) is 5.26 Å². The zero-order valence-corrected chi connectivity index (χ0v) is 27.7. The van der Waals surface area contributed by atoms with Crippen LogP contribution in [-0.4, -0.2) is 4.57 Å². The van der Waals surface area contributed by atoms with Crippen LogP contribution in [0.5, 0.6) is 0 Å². The van der Waals surface area contributed by atoms with E-state index in [1.54, 1.807) is 0 Å². The van der Waals surface area contributed by atoms with Crippen molar-refractivity contribution in [3.8, 4) is 45.1 Å². The summed E-state index contributed by atoms with van der Waals surface area (Å²) in [6, 6.07) is 67.8. The van der Waals surface area contributed by atoms with Crippen molar-refractivity contribution in [1.82, 2.24) is 4.57 Å². The van der Waals surface area contributed by atoms with Gasteiger partial charge in [-0.1, -0.05) is 121 Å². The van der Waals surface area contributed by atoms with E-state index in [0.717, 1.165) is 16.5 Å². The van der Waals surface area contributed by atoms with E-state index in [1.807, 2.05) is 18.2 Å². The van der Waals surface area contributed by atoms with E-state index in [2.05, 4.69) is 174 Å². The molecular formula is C49H30N2. The molecule has 0 atom stereocenters. The van der Waals surface area contributed by atoms with Gasteiger partial charge in [-0.15, -0.1) is 0 Å². The summed E-state index contributed by atoms with van der Waals surface area (Å²) in [4.78, 5) is 0. The van der Waals surface area contributed by atoms with E-state index in [4.69, 9.17) is 0 Å². The molecule has 0 amide bonds. The number of benzene rings is 9. The van der Waals surface area contributed by atoms with E-state index in [-0.39, 0.29) is 0 Å². The van der Waals surface area contributed by atoms with Gasteiger partial charge >= 0.3 is 0 Å². The van der Waals surface area contributed by atoms with Crippen LogP contribution < -0.4 is 0 Å². The Balaban J connectivity index is 0.974. The van der Waals surface area contributed by atoms with Crippen molar-refractivity contribution < 1.29 is 0 Å². The summed E-state index contributed by atoms with van der Waals surface area (Å²) in [5, 5.41) is 19.0. The molecule has 0 spiro atoms. The molecule has 0 fully saturated rings. The normalized spacial score (nSPS) is 11.5. The van der Waals surface area contributed by atoms with Crippen LogP contribution in [0.1, 0.15) is 5.56 Å². The predicted molar refractivity (Wildman–Crippen MR) is 214 cm³/mol. The number of aromatic nitrogens is 1. The lowest BCUT2D eigenvalue weighted by atomic mass is 9.95. The summed E-state index contributed by atoms with van der Waals surface area (Å²) in [5.41, 5.74) is 11.4. The van der Waals surface area contributed by atoms with Crippen molar-refractivity contribution in [2.24, 2.45) is 0 Å². The number of hydrogen-bond donors (Lipinski definition) is 0. The van der Waals surface area contributed by atoms with Crippen molar-refractivity contribution >= 4 is 54.1 Å². The number of nitrogens with zero attached hydrogens (tertiary/aromatic N) is 2. The van der Waals surface area contributed by atoms with Gasteiger partial charge in [0.25, 0.3) is 0 Å². The summed E-state index contributed by atoms with van der Waals surface area (Å²) in [5.74, 6) is 0. The summed E-state index contributed by atoms with van der Waals surface area (Å²) in [7, 11) is 0. The SMILES string of the molecule is N#Cc1ccc2cc(-n3c4ccccc4c4cc(-c5ccc(-c6ccc7cc(-c8ccc9ccccc9c8)ccc7c6)cc5)ccc43)ccc2c1. The molecule has 0 saturated heterocycles. The zero-order valence-electron chi connectivity index (χ0n) is 27.7. The smallest absolute Gasteiger partial charge is 0.0991 e. The van der Waals surface area contributed by atoms with Crippen LogP contribution in [0.4, 0.5) is 0 Å². The molecule has 51 heavy (non-hydrogen) atoms. The highest BCUT2D eigenvalue weighted by Crippen LogP contribution is 2.37. The monoisotopic (exact) mass is 646 g/mol. The zero-order chi connectivity index (χ0) is 33.9. The van der Waals surface area contributed by atoms with Gasteiger partial charge in [0.1, 0.15) is 0 Å². The highest BCUT2D eigenvalue weighted by atomic mass is 15.0. The van der Waals surface area contributed by atoms with Gasteiger partial charge in [0.15, 0.2) is 0 Å². The maximum Gasteiger partial charge on any atom is 0.0991 e. The van der Waals surface area contributed by atoms with Gasteiger partial charge in [0.05, 0.1) is 22.7 Å². The molecule has 236 valence electrons. The van der Waals surface area contributed by atoms with Crippen LogP contribution in [-0.2, 0) is 0 Å². The van der Waals surface area contributed by atoms with Crippen molar-refractivity contribution in [3.05, 3.63) is 188 Å². The fraction of sp³-hybridized carbons (Fsp3) is 0. The molecule has 0 N–H and O–H groups in total. The average molecular weight is 647 g/mol. The molecular weight excluding hydrogens is 617 g/mol. The minimum atomic E-state index is 0.677. The van der Waals surface area contributed by atoms with Gasteiger partial charge in [-0.05, 0) is 126 Å². The minimum Gasteiger partial charge on any atom is -0.309 e. The van der Waals surface area contributed by atoms with Crippen LogP contribution in [0.2, 0.25) is 0 Å². The molecule has 0 bridgehead atoms. The second kappa shape index (κ2) is 11.6. The number of fused-ring (bicyclic) bond motifs is 6. The maximum absolute atomic E-state index is 9.35. The molecule has 10 aromatic rings. The Bertz CT molecular complexity index is 3030. The van der Waals surface area contributed by atoms with Crippen molar-refractivity contribution in [3.63, 3.8) is 0 Å². The van der Waals surface area contributed by atoms with E-state index < -0.39 is 0 Å². The van der Waals surface area contributed by atoms with Crippen LogP contribution in [0.15, 0.2) is 182 Å². The summed E-state index contributed by atoms with van der Waals surface area (Å²) >= 11 is 0. The number of para-hydroxylation sites is 1. The lowest BCUT2D eigenvalue weighted by Crippen LogP contribution is -1.94. The standard InChI is InChI=1S/C49H30N2/c50-31-32-9-10-43-29-45(23-21-37(43)25-32)51-48-8-4-3-7-46(48)47-30-44(22-24-49(47)51)35-13-11-34(12-14-35)38-17-18-41-28-42(20-19-40(41)27-38)39-16-15-33-5-1-2-6-36(33)26-39/h1-30H. The molecule has 0 aliphatic rings. The molecule has 10 rings (SSSR count). The minimum absolute atomic E-state index is 0.677. The third kappa shape index (κ3) is 4.95. The number of rotatable bonds is 4. The summed E-state index contributed by atoms with van der Waals surface area (Å²) in [6.07, 6.45) is 0.